The van der Waals surface area contributed by atoms with E-state index in [1.165, 1.54) is 11.8 Å². The molecule has 0 saturated carbocycles. The zero-order valence-corrected chi connectivity index (χ0v) is 12.3. The lowest BCUT2D eigenvalue weighted by Crippen LogP contribution is -2.03. The van der Waals surface area contributed by atoms with Crippen molar-refractivity contribution in [3.8, 4) is 0 Å². The number of ketones is 1. The summed E-state index contributed by atoms with van der Waals surface area (Å²) in [5, 5.41) is 8.80. The number of hydrogen-bond donors (Lipinski definition) is 1. The molecule has 3 rings (SSSR count). The highest BCUT2D eigenvalue weighted by Crippen LogP contribution is 2.19. The minimum absolute atomic E-state index is 0.0700. The van der Waals surface area contributed by atoms with Crippen molar-refractivity contribution in [2.75, 3.05) is 11.5 Å². The van der Waals surface area contributed by atoms with Crippen LogP contribution in [0.2, 0.25) is 0 Å². The summed E-state index contributed by atoms with van der Waals surface area (Å²) in [7, 11) is 0. The summed E-state index contributed by atoms with van der Waals surface area (Å²) in [4.78, 5) is 12.2. The minimum Gasteiger partial charge on any atom is -0.398 e. The predicted molar refractivity (Wildman–Crippen MR) is 83.6 cm³/mol. The van der Waals surface area contributed by atoms with Crippen LogP contribution < -0.4 is 5.73 Å². The van der Waals surface area contributed by atoms with Crippen LogP contribution in [0.25, 0.3) is 5.65 Å². The number of carbonyl (C=O) groups is 1. The third-order valence-electron chi connectivity index (χ3n) is 3.10. The van der Waals surface area contributed by atoms with E-state index in [0.29, 0.717) is 22.2 Å². The normalized spacial score (nSPS) is 10.9. The SMILES string of the molecule is Cc1ccc(C(=O)CSc2nnc3ccc(N)cn23)cc1. The van der Waals surface area contributed by atoms with Gasteiger partial charge in [-0.15, -0.1) is 10.2 Å². The zero-order valence-electron chi connectivity index (χ0n) is 11.5. The van der Waals surface area contributed by atoms with Crippen LogP contribution in [0.5, 0.6) is 0 Å². The Balaban J connectivity index is 1.75. The van der Waals surface area contributed by atoms with Gasteiger partial charge in [0.25, 0.3) is 0 Å². The van der Waals surface area contributed by atoms with Crippen molar-refractivity contribution in [3.05, 3.63) is 53.7 Å². The van der Waals surface area contributed by atoms with Crippen molar-refractivity contribution in [3.63, 3.8) is 0 Å². The molecule has 6 heteroatoms. The highest BCUT2D eigenvalue weighted by atomic mass is 32.2. The van der Waals surface area contributed by atoms with Gasteiger partial charge in [0.05, 0.1) is 5.75 Å². The Kier molecular flexibility index (Phi) is 3.62. The molecule has 2 heterocycles. The quantitative estimate of drug-likeness (QED) is 0.592. The third-order valence-corrected chi connectivity index (χ3v) is 4.04. The molecule has 2 N–H and O–H groups in total. The van der Waals surface area contributed by atoms with E-state index in [9.17, 15) is 4.79 Å². The fraction of sp³-hybridized carbons (Fsp3) is 0.133. The molecule has 1 aromatic carbocycles. The Morgan fingerprint density at radius 1 is 1.19 bits per heavy atom. The van der Waals surface area contributed by atoms with Gasteiger partial charge in [0, 0.05) is 17.4 Å². The highest BCUT2D eigenvalue weighted by molar-refractivity contribution is 7.99. The molecule has 2 aromatic heterocycles. The van der Waals surface area contributed by atoms with Crippen LogP contribution in [-0.4, -0.2) is 26.1 Å². The molecule has 0 spiro atoms. The number of pyridine rings is 1. The monoisotopic (exact) mass is 298 g/mol. The minimum atomic E-state index is 0.0700. The highest BCUT2D eigenvalue weighted by Gasteiger charge is 2.11. The van der Waals surface area contributed by atoms with E-state index in [0.717, 1.165) is 11.2 Å². The first-order valence-electron chi connectivity index (χ1n) is 6.46. The van der Waals surface area contributed by atoms with Gasteiger partial charge in [0.15, 0.2) is 16.6 Å². The number of carbonyl (C=O) groups excluding carboxylic acids is 1. The van der Waals surface area contributed by atoms with Crippen LogP contribution in [0.4, 0.5) is 5.69 Å². The van der Waals surface area contributed by atoms with Crippen LogP contribution in [0, 0.1) is 6.92 Å². The van der Waals surface area contributed by atoms with Crippen LogP contribution in [0.15, 0.2) is 47.8 Å². The Hall–Kier alpha value is -2.34. The number of anilines is 1. The first-order valence-corrected chi connectivity index (χ1v) is 7.45. The van der Waals surface area contributed by atoms with Crippen molar-refractivity contribution >= 4 is 28.9 Å². The Morgan fingerprint density at radius 3 is 2.71 bits per heavy atom. The number of nitrogens with two attached hydrogens (primary N) is 1. The smallest absolute Gasteiger partial charge is 0.196 e. The average molecular weight is 298 g/mol. The second-order valence-corrected chi connectivity index (χ2v) is 5.69. The van der Waals surface area contributed by atoms with E-state index in [4.69, 9.17) is 5.73 Å². The summed E-state index contributed by atoms with van der Waals surface area (Å²) >= 11 is 1.36. The maximum absolute atomic E-state index is 12.2. The van der Waals surface area contributed by atoms with E-state index in [2.05, 4.69) is 10.2 Å². The third kappa shape index (κ3) is 2.90. The van der Waals surface area contributed by atoms with E-state index in [-0.39, 0.29) is 5.78 Å². The van der Waals surface area contributed by atoms with E-state index >= 15 is 0 Å². The summed E-state index contributed by atoms with van der Waals surface area (Å²) in [6.07, 6.45) is 1.76. The summed E-state index contributed by atoms with van der Waals surface area (Å²) in [6.45, 7) is 2.00. The molecular formula is C15H14N4OS. The molecule has 0 aliphatic rings. The molecule has 0 radical (unpaired) electrons. The Morgan fingerprint density at radius 2 is 1.95 bits per heavy atom. The molecule has 0 aliphatic carbocycles. The molecule has 0 aliphatic heterocycles. The van der Waals surface area contributed by atoms with Crippen molar-refractivity contribution in [2.24, 2.45) is 0 Å². The predicted octanol–water partition coefficient (Wildman–Crippen LogP) is 2.59. The summed E-state index contributed by atoms with van der Waals surface area (Å²) in [5.41, 5.74) is 8.96. The molecule has 0 amide bonds. The van der Waals surface area contributed by atoms with Gasteiger partial charge in [0.2, 0.25) is 0 Å². The van der Waals surface area contributed by atoms with Crippen LogP contribution in [0.3, 0.4) is 0 Å². The van der Waals surface area contributed by atoms with E-state index < -0.39 is 0 Å². The lowest BCUT2D eigenvalue weighted by molar-refractivity contribution is 0.102. The summed E-state index contributed by atoms with van der Waals surface area (Å²) < 4.78 is 1.79. The number of aromatic nitrogens is 3. The molecule has 3 aromatic rings. The van der Waals surface area contributed by atoms with Gasteiger partial charge in [-0.1, -0.05) is 41.6 Å². The number of nitrogen functional groups attached to an aromatic ring is 1. The average Bonchev–Trinajstić information content (AvgIpc) is 2.88. The van der Waals surface area contributed by atoms with Gasteiger partial charge < -0.3 is 5.73 Å². The summed E-state index contributed by atoms with van der Waals surface area (Å²) in [5.74, 6) is 0.388. The number of aryl methyl sites for hydroxylation is 1. The molecular weight excluding hydrogens is 284 g/mol. The molecule has 5 nitrogen and oxygen atoms in total. The number of nitrogens with zero attached hydrogens (tertiary/aromatic N) is 3. The summed E-state index contributed by atoms with van der Waals surface area (Å²) in [6, 6.07) is 11.1. The maximum Gasteiger partial charge on any atom is 0.196 e. The van der Waals surface area contributed by atoms with Crippen molar-refractivity contribution in [2.45, 2.75) is 12.1 Å². The number of fused-ring (bicyclic) bond motifs is 1. The second-order valence-electron chi connectivity index (χ2n) is 4.75. The topological polar surface area (TPSA) is 73.3 Å². The lowest BCUT2D eigenvalue weighted by atomic mass is 10.1. The second kappa shape index (κ2) is 5.57. The van der Waals surface area contributed by atoms with Crippen LogP contribution in [-0.2, 0) is 0 Å². The van der Waals surface area contributed by atoms with Gasteiger partial charge in [-0.25, -0.2) is 0 Å². The first kappa shape index (κ1) is 13.6. The van der Waals surface area contributed by atoms with Crippen molar-refractivity contribution < 1.29 is 4.79 Å². The van der Waals surface area contributed by atoms with Gasteiger partial charge in [-0.2, -0.15) is 0 Å². The first-order chi connectivity index (χ1) is 10.1. The van der Waals surface area contributed by atoms with Crippen molar-refractivity contribution in [1.82, 2.24) is 14.6 Å². The standard InChI is InChI=1S/C15H14N4OS/c1-10-2-4-11(5-3-10)13(20)9-21-15-18-17-14-7-6-12(16)8-19(14)15/h2-8H,9,16H2,1H3. The number of thioether (sulfide) groups is 1. The van der Waals surface area contributed by atoms with Crippen LogP contribution >= 0.6 is 11.8 Å². The number of Topliss-reactive ketones (excluding diaryl/α,β-unsaturated/α-hetero) is 1. The molecule has 0 atom stereocenters. The Bertz CT molecular complexity index is 795. The largest absolute Gasteiger partial charge is 0.398 e. The molecule has 0 bridgehead atoms. The van der Waals surface area contributed by atoms with Gasteiger partial charge in [0.1, 0.15) is 0 Å². The molecule has 0 saturated heterocycles. The fourth-order valence-electron chi connectivity index (χ4n) is 1.94. The van der Waals surface area contributed by atoms with Crippen LogP contribution in [0.1, 0.15) is 15.9 Å². The Labute approximate surface area is 126 Å². The molecule has 106 valence electrons. The fourth-order valence-corrected chi connectivity index (χ4v) is 2.75. The van der Waals surface area contributed by atoms with Crippen molar-refractivity contribution in [1.29, 1.82) is 0 Å². The molecule has 0 fully saturated rings. The number of benzene rings is 1. The van der Waals surface area contributed by atoms with E-state index in [1.54, 1.807) is 22.7 Å². The maximum atomic E-state index is 12.2. The van der Waals surface area contributed by atoms with Gasteiger partial charge in [-0.05, 0) is 19.1 Å². The van der Waals surface area contributed by atoms with Gasteiger partial charge >= 0.3 is 0 Å². The zero-order chi connectivity index (χ0) is 14.8. The van der Waals surface area contributed by atoms with E-state index in [1.807, 2.05) is 31.2 Å². The van der Waals surface area contributed by atoms with Gasteiger partial charge in [-0.3, -0.25) is 9.20 Å². The number of rotatable bonds is 4. The number of hydrogen-bond acceptors (Lipinski definition) is 5. The lowest BCUT2D eigenvalue weighted by Gasteiger charge is -2.02. The molecule has 21 heavy (non-hydrogen) atoms. The molecule has 0 unspecified atom stereocenters.